The lowest BCUT2D eigenvalue weighted by molar-refractivity contribution is 0.471. The summed E-state index contributed by atoms with van der Waals surface area (Å²) >= 11 is 1.63. The van der Waals surface area contributed by atoms with Crippen LogP contribution in [0.1, 0.15) is 31.1 Å². The van der Waals surface area contributed by atoms with Gasteiger partial charge in [0.15, 0.2) is 5.16 Å². The van der Waals surface area contributed by atoms with Crippen molar-refractivity contribution in [2.75, 3.05) is 0 Å². The average molecular weight is 342 g/mol. The lowest BCUT2D eigenvalue weighted by atomic mass is 10.2. The molecule has 0 spiro atoms. The van der Waals surface area contributed by atoms with Crippen LogP contribution in [0.4, 0.5) is 0 Å². The molecule has 0 aliphatic carbocycles. The third kappa shape index (κ3) is 3.67. The zero-order chi connectivity index (χ0) is 17.1. The van der Waals surface area contributed by atoms with E-state index in [0.29, 0.717) is 5.92 Å². The van der Waals surface area contributed by atoms with Gasteiger partial charge < -0.3 is 0 Å². The summed E-state index contributed by atoms with van der Waals surface area (Å²) in [7, 11) is 0. The minimum Gasteiger partial charge on any atom is -0.274 e. The van der Waals surface area contributed by atoms with E-state index in [1.807, 2.05) is 11.6 Å². The van der Waals surface area contributed by atoms with Gasteiger partial charge in [-0.25, -0.2) is 9.67 Å². The summed E-state index contributed by atoms with van der Waals surface area (Å²) in [5.41, 5.74) is 2.30. The molecule has 0 aliphatic rings. The van der Waals surface area contributed by atoms with E-state index in [1.165, 1.54) is 5.56 Å². The molecule has 0 saturated carbocycles. The summed E-state index contributed by atoms with van der Waals surface area (Å²) in [6, 6.07) is 8.36. The van der Waals surface area contributed by atoms with E-state index < -0.39 is 0 Å². The minimum atomic E-state index is 0.536. The van der Waals surface area contributed by atoms with Crippen LogP contribution in [0.2, 0.25) is 0 Å². The van der Waals surface area contributed by atoms with E-state index in [2.05, 4.69) is 69.9 Å². The van der Waals surface area contributed by atoms with Crippen molar-refractivity contribution in [3.63, 3.8) is 0 Å². The molecular weight excluding hydrogens is 320 g/mol. The molecule has 0 aliphatic heterocycles. The first kappa shape index (κ1) is 16.7. The number of benzene rings is 1. The van der Waals surface area contributed by atoms with Crippen molar-refractivity contribution in [1.82, 2.24) is 29.5 Å². The predicted molar refractivity (Wildman–Crippen MR) is 95.3 cm³/mol. The lowest BCUT2D eigenvalue weighted by Gasteiger charge is -2.10. The number of aryl methyl sites for hydroxylation is 2. The van der Waals surface area contributed by atoms with Gasteiger partial charge in [-0.05, 0) is 37.5 Å². The number of nitrogens with zero attached hydrogens (tertiary/aromatic N) is 6. The second kappa shape index (κ2) is 7.17. The number of aromatic nitrogens is 6. The molecule has 0 fully saturated rings. The topological polar surface area (TPSA) is 61.4 Å². The Labute approximate surface area is 146 Å². The van der Waals surface area contributed by atoms with Gasteiger partial charge in [0.05, 0.1) is 5.75 Å². The van der Waals surface area contributed by atoms with Gasteiger partial charge in [0, 0.05) is 12.2 Å². The van der Waals surface area contributed by atoms with Gasteiger partial charge in [-0.1, -0.05) is 37.7 Å². The summed E-state index contributed by atoms with van der Waals surface area (Å²) in [6.07, 6.45) is 1.62. The van der Waals surface area contributed by atoms with Gasteiger partial charge in [-0.15, -0.1) is 10.2 Å². The quantitative estimate of drug-likeness (QED) is 0.642. The summed E-state index contributed by atoms with van der Waals surface area (Å²) in [4.78, 5) is 4.38. The Kier molecular flexibility index (Phi) is 4.99. The molecule has 2 aromatic heterocycles. The molecule has 0 N–H and O–H groups in total. The molecule has 3 rings (SSSR count). The van der Waals surface area contributed by atoms with E-state index in [4.69, 9.17) is 0 Å². The molecule has 0 atom stereocenters. The summed E-state index contributed by atoms with van der Waals surface area (Å²) in [5.74, 6) is 3.10. The smallest absolute Gasteiger partial charge is 0.196 e. The third-order valence-electron chi connectivity index (χ3n) is 3.62. The maximum Gasteiger partial charge on any atom is 0.196 e. The van der Waals surface area contributed by atoms with E-state index >= 15 is 0 Å². The van der Waals surface area contributed by atoms with Gasteiger partial charge in [-0.3, -0.25) is 4.57 Å². The summed E-state index contributed by atoms with van der Waals surface area (Å²) < 4.78 is 4.05. The SMILES string of the molecule is Cc1cccc(-n2c(C)nnc2SCc2ncnn2CC(C)C)c1. The highest BCUT2D eigenvalue weighted by atomic mass is 32.2. The molecule has 126 valence electrons. The molecular formula is C17H22N6S. The van der Waals surface area contributed by atoms with E-state index in [1.54, 1.807) is 18.1 Å². The normalized spacial score (nSPS) is 11.4. The molecule has 3 aromatic rings. The molecule has 2 heterocycles. The van der Waals surface area contributed by atoms with Crippen molar-refractivity contribution < 1.29 is 0 Å². The zero-order valence-electron chi connectivity index (χ0n) is 14.5. The average Bonchev–Trinajstić information content (AvgIpc) is 3.11. The second-order valence-corrected chi connectivity index (χ2v) is 7.19. The van der Waals surface area contributed by atoms with Crippen molar-refractivity contribution in [2.24, 2.45) is 5.92 Å². The van der Waals surface area contributed by atoms with Crippen molar-refractivity contribution in [3.8, 4) is 5.69 Å². The highest BCUT2D eigenvalue weighted by molar-refractivity contribution is 7.98. The maximum absolute atomic E-state index is 4.38. The van der Waals surface area contributed by atoms with Crippen LogP contribution in [0.15, 0.2) is 35.7 Å². The van der Waals surface area contributed by atoms with Crippen LogP contribution in [-0.2, 0) is 12.3 Å². The Balaban J connectivity index is 1.81. The summed E-state index contributed by atoms with van der Waals surface area (Å²) in [5, 5.41) is 13.8. The van der Waals surface area contributed by atoms with Crippen LogP contribution in [0, 0.1) is 19.8 Å². The van der Waals surface area contributed by atoms with E-state index in [0.717, 1.165) is 34.8 Å². The zero-order valence-corrected chi connectivity index (χ0v) is 15.3. The fraction of sp³-hybridized carbons (Fsp3) is 0.412. The Morgan fingerprint density at radius 2 is 2.00 bits per heavy atom. The van der Waals surface area contributed by atoms with Gasteiger partial charge in [0.25, 0.3) is 0 Å². The van der Waals surface area contributed by atoms with Gasteiger partial charge in [-0.2, -0.15) is 5.10 Å². The van der Waals surface area contributed by atoms with Crippen LogP contribution in [0.25, 0.3) is 5.69 Å². The van der Waals surface area contributed by atoms with Crippen molar-refractivity contribution >= 4 is 11.8 Å². The molecule has 0 amide bonds. The first-order valence-corrected chi connectivity index (χ1v) is 9.01. The molecule has 7 heteroatoms. The minimum absolute atomic E-state index is 0.536. The highest BCUT2D eigenvalue weighted by Crippen LogP contribution is 2.25. The van der Waals surface area contributed by atoms with Gasteiger partial charge >= 0.3 is 0 Å². The number of hydrogen-bond donors (Lipinski definition) is 0. The van der Waals surface area contributed by atoms with E-state index in [-0.39, 0.29) is 0 Å². The van der Waals surface area contributed by atoms with Crippen LogP contribution in [-0.4, -0.2) is 29.5 Å². The Morgan fingerprint density at radius 1 is 1.17 bits per heavy atom. The van der Waals surface area contributed by atoms with Crippen molar-refractivity contribution in [2.45, 2.75) is 45.1 Å². The Morgan fingerprint density at radius 3 is 2.75 bits per heavy atom. The largest absolute Gasteiger partial charge is 0.274 e. The van der Waals surface area contributed by atoms with Crippen LogP contribution < -0.4 is 0 Å². The Bertz CT molecular complexity index is 820. The fourth-order valence-corrected chi connectivity index (χ4v) is 3.48. The highest BCUT2D eigenvalue weighted by Gasteiger charge is 2.14. The van der Waals surface area contributed by atoms with Crippen molar-refractivity contribution in [1.29, 1.82) is 0 Å². The molecule has 24 heavy (non-hydrogen) atoms. The monoisotopic (exact) mass is 342 g/mol. The number of rotatable bonds is 6. The number of hydrogen-bond acceptors (Lipinski definition) is 5. The lowest BCUT2D eigenvalue weighted by Crippen LogP contribution is -2.10. The number of thioether (sulfide) groups is 1. The predicted octanol–water partition coefficient (Wildman–Crippen LogP) is 3.42. The third-order valence-corrected chi connectivity index (χ3v) is 4.54. The molecule has 0 unspecified atom stereocenters. The van der Waals surface area contributed by atoms with Crippen LogP contribution in [0.5, 0.6) is 0 Å². The standard InChI is InChI=1S/C17H22N6S/c1-12(2)9-22-16(18-11-19-22)10-24-17-21-20-14(4)23(17)15-7-5-6-13(3)8-15/h5-8,11-12H,9-10H2,1-4H3. The van der Waals surface area contributed by atoms with E-state index in [9.17, 15) is 0 Å². The van der Waals surface area contributed by atoms with Gasteiger partial charge in [0.1, 0.15) is 18.0 Å². The first-order valence-electron chi connectivity index (χ1n) is 8.03. The molecule has 0 radical (unpaired) electrons. The van der Waals surface area contributed by atoms with Gasteiger partial charge in [0.2, 0.25) is 0 Å². The maximum atomic E-state index is 4.38. The van der Waals surface area contributed by atoms with Crippen LogP contribution >= 0.6 is 11.8 Å². The second-order valence-electron chi connectivity index (χ2n) is 6.25. The van der Waals surface area contributed by atoms with Crippen LogP contribution in [0.3, 0.4) is 0 Å². The molecule has 0 bridgehead atoms. The van der Waals surface area contributed by atoms with Crippen molar-refractivity contribution in [3.05, 3.63) is 47.8 Å². The Hall–Kier alpha value is -2.15. The molecule has 1 aromatic carbocycles. The summed E-state index contributed by atoms with van der Waals surface area (Å²) in [6.45, 7) is 9.29. The fourth-order valence-electron chi connectivity index (χ4n) is 2.53. The molecule has 0 saturated heterocycles. The molecule has 6 nitrogen and oxygen atoms in total. The first-order chi connectivity index (χ1) is 11.5.